The Morgan fingerprint density at radius 2 is 1.82 bits per heavy atom. The fraction of sp³-hybridized carbons (Fsp3) is 0.200. The highest BCUT2D eigenvalue weighted by molar-refractivity contribution is 8.00. The van der Waals surface area contributed by atoms with Gasteiger partial charge in [0, 0.05) is 23.3 Å². The molecule has 0 bridgehead atoms. The highest BCUT2D eigenvalue weighted by Crippen LogP contribution is 2.39. The minimum atomic E-state index is -3.09. The number of nitrogens with zero attached hydrogens (tertiary/aromatic N) is 4. The van der Waals surface area contributed by atoms with Gasteiger partial charge in [-0.15, -0.1) is 0 Å². The second-order valence-electron chi connectivity index (χ2n) is 6.52. The van der Waals surface area contributed by atoms with Crippen LogP contribution in [0.3, 0.4) is 0 Å². The molecule has 0 saturated carbocycles. The maximum absolute atomic E-state index is 12.7. The van der Waals surface area contributed by atoms with Gasteiger partial charge < -0.3 is 19.2 Å². The number of aryl methyl sites for hydroxylation is 1. The van der Waals surface area contributed by atoms with E-state index >= 15 is 0 Å². The van der Waals surface area contributed by atoms with Crippen molar-refractivity contribution in [1.82, 2.24) is 24.9 Å². The average Bonchev–Trinajstić information content (AvgIpc) is 3.20. The first-order valence-corrected chi connectivity index (χ1v) is 10.6. The second-order valence-corrected chi connectivity index (χ2v) is 7.78. The number of benzene rings is 1. The van der Waals surface area contributed by atoms with Crippen LogP contribution in [-0.2, 0) is 0 Å². The number of H-pyrrole nitrogens is 1. The molecule has 0 unspecified atom stereocenters. The molecule has 4 rings (SSSR count). The van der Waals surface area contributed by atoms with Gasteiger partial charge in [0.05, 0.1) is 47.2 Å². The number of fused-ring (bicyclic) bond motifs is 1. The summed E-state index contributed by atoms with van der Waals surface area (Å²) in [7, 11) is 2.55. The monoisotopic (exact) mass is 494 g/mol. The molecule has 3 heterocycles. The summed E-state index contributed by atoms with van der Waals surface area (Å²) in [6.07, 6.45) is 5.10. The largest absolute Gasteiger partial charge is 0.478 e. The Kier molecular flexibility index (Phi) is 6.65. The molecular formula is C20H17ClF2N6O3S. The van der Waals surface area contributed by atoms with E-state index in [1.165, 1.54) is 26.2 Å². The Hall–Kier alpha value is -3.38. The van der Waals surface area contributed by atoms with Crippen molar-refractivity contribution in [2.45, 2.75) is 18.4 Å². The predicted molar refractivity (Wildman–Crippen MR) is 120 cm³/mol. The molecule has 0 amide bonds. The molecule has 0 aliphatic heterocycles. The lowest BCUT2D eigenvalue weighted by atomic mass is 10.1. The van der Waals surface area contributed by atoms with Gasteiger partial charge in [-0.05, 0) is 24.9 Å². The normalized spacial score (nSPS) is 11.1. The molecule has 0 radical (unpaired) electrons. The highest BCUT2D eigenvalue weighted by Gasteiger charge is 2.22. The molecule has 3 aromatic heterocycles. The number of methoxy groups -OCH3 is 2. The van der Waals surface area contributed by atoms with Gasteiger partial charge in [-0.2, -0.15) is 18.7 Å². The van der Waals surface area contributed by atoms with E-state index in [1.54, 1.807) is 24.7 Å². The molecule has 0 aliphatic carbocycles. The van der Waals surface area contributed by atoms with E-state index in [-0.39, 0.29) is 17.7 Å². The van der Waals surface area contributed by atoms with Crippen LogP contribution in [0, 0.1) is 6.92 Å². The van der Waals surface area contributed by atoms with Gasteiger partial charge >= 0.3 is 6.61 Å². The molecular weight excluding hydrogens is 478 g/mol. The van der Waals surface area contributed by atoms with Crippen molar-refractivity contribution in [2.24, 2.45) is 0 Å². The summed E-state index contributed by atoms with van der Waals surface area (Å²) in [5.41, 5.74) is 2.92. The van der Waals surface area contributed by atoms with E-state index in [4.69, 9.17) is 21.1 Å². The Morgan fingerprint density at radius 1 is 1.09 bits per heavy atom. The van der Waals surface area contributed by atoms with E-state index in [0.717, 1.165) is 27.1 Å². The van der Waals surface area contributed by atoms with Crippen LogP contribution in [-0.4, -0.2) is 45.8 Å². The minimum Gasteiger partial charge on any atom is -0.478 e. The molecule has 4 aromatic rings. The predicted octanol–water partition coefficient (Wildman–Crippen LogP) is 5.11. The van der Waals surface area contributed by atoms with Gasteiger partial charge in [-0.1, -0.05) is 17.7 Å². The smallest absolute Gasteiger partial charge is 0.387 e. The van der Waals surface area contributed by atoms with Crippen molar-refractivity contribution < 1.29 is 23.0 Å². The lowest BCUT2D eigenvalue weighted by Crippen LogP contribution is -2.08. The Morgan fingerprint density at radius 3 is 2.45 bits per heavy atom. The molecule has 0 saturated heterocycles. The van der Waals surface area contributed by atoms with Crippen LogP contribution in [0.5, 0.6) is 17.5 Å². The summed E-state index contributed by atoms with van der Waals surface area (Å²) in [5, 5.41) is 1.40. The summed E-state index contributed by atoms with van der Waals surface area (Å²) >= 11 is 7.66. The third kappa shape index (κ3) is 4.71. The van der Waals surface area contributed by atoms with Crippen LogP contribution < -0.4 is 18.9 Å². The molecule has 33 heavy (non-hydrogen) atoms. The lowest BCUT2D eigenvalue weighted by molar-refractivity contribution is -0.0533. The van der Waals surface area contributed by atoms with Crippen molar-refractivity contribution in [3.8, 4) is 28.8 Å². The molecule has 9 nitrogen and oxygen atoms in total. The maximum Gasteiger partial charge on any atom is 0.387 e. The number of nitrogens with one attached hydrogen (secondary N) is 2. The van der Waals surface area contributed by atoms with Crippen LogP contribution in [0.15, 0.2) is 35.6 Å². The van der Waals surface area contributed by atoms with Gasteiger partial charge in [0.1, 0.15) is 0 Å². The Balaban J connectivity index is 1.65. The molecule has 0 aliphatic rings. The van der Waals surface area contributed by atoms with Gasteiger partial charge in [0.15, 0.2) is 0 Å². The summed E-state index contributed by atoms with van der Waals surface area (Å²) in [5.74, 6) is -0.716. The van der Waals surface area contributed by atoms with Gasteiger partial charge in [0.2, 0.25) is 11.7 Å². The molecule has 172 valence electrons. The zero-order valence-electron chi connectivity index (χ0n) is 17.5. The van der Waals surface area contributed by atoms with E-state index in [1.807, 2.05) is 13.0 Å². The number of anilines is 1. The zero-order chi connectivity index (χ0) is 23.5. The Labute approximate surface area is 196 Å². The van der Waals surface area contributed by atoms with Gasteiger partial charge in [-0.25, -0.2) is 4.98 Å². The lowest BCUT2D eigenvalue weighted by Gasteiger charge is -2.13. The van der Waals surface area contributed by atoms with Crippen molar-refractivity contribution in [2.75, 3.05) is 18.9 Å². The van der Waals surface area contributed by atoms with Crippen molar-refractivity contribution in [3.63, 3.8) is 0 Å². The highest BCUT2D eigenvalue weighted by atomic mass is 35.5. The van der Waals surface area contributed by atoms with Gasteiger partial charge in [-0.3, -0.25) is 9.71 Å². The Bertz CT molecular complexity index is 1280. The number of aromatic amines is 1. The summed E-state index contributed by atoms with van der Waals surface area (Å²) in [6.45, 7) is -1.24. The molecule has 0 atom stereocenters. The van der Waals surface area contributed by atoms with E-state index < -0.39 is 12.4 Å². The first kappa shape index (κ1) is 22.8. The quantitative estimate of drug-likeness (QED) is 0.323. The van der Waals surface area contributed by atoms with E-state index in [0.29, 0.717) is 10.7 Å². The molecule has 13 heteroatoms. The zero-order valence-corrected chi connectivity index (χ0v) is 19.1. The minimum absolute atomic E-state index is 0.0726. The van der Waals surface area contributed by atoms with Crippen molar-refractivity contribution in [3.05, 3.63) is 41.4 Å². The second kappa shape index (κ2) is 9.63. The fourth-order valence-corrected chi connectivity index (χ4v) is 4.03. The standard InChI is InChI=1S/C20H17ClF2N6O3S/c1-9-6-24-7-12(26-9)14-11(21)5-4-10-13(8-25-15(10)14)33-29-20-27-17(30-2)16(32-19(22)23)18(28-20)31-3/h4-8,19,25H,1-3H3,(H,27,28,29). The number of hydrogen-bond acceptors (Lipinski definition) is 9. The number of aromatic nitrogens is 5. The van der Waals surface area contributed by atoms with Crippen LogP contribution in [0.1, 0.15) is 5.69 Å². The van der Waals surface area contributed by atoms with Crippen molar-refractivity contribution in [1.29, 1.82) is 0 Å². The van der Waals surface area contributed by atoms with Crippen LogP contribution in [0.25, 0.3) is 22.2 Å². The molecule has 0 fully saturated rings. The van der Waals surface area contributed by atoms with E-state index in [9.17, 15) is 8.78 Å². The van der Waals surface area contributed by atoms with Gasteiger partial charge in [0.25, 0.3) is 11.8 Å². The number of halogens is 3. The third-order valence-electron chi connectivity index (χ3n) is 4.43. The number of alkyl halides is 2. The fourth-order valence-electron chi connectivity index (χ4n) is 3.09. The maximum atomic E-state index is 12.7. The molecule has 1 aromatic carbocycles. The third-order valence-corrected chi connectivity index (χ3v) is 5.59. The molecule has 2 N–H and O–H groups in total. The average molecular weight is 495 g/mol. The van der Waals surface area contributed by atoms with E-state index in [2.05, 4.69) is 34.4 Å². The number of rotatable bonds is 8. The first-order chi connectivity index (χ1) is 15.9. The summed E-state index contributed by atoms with van der Waals surface area (Å²) in [4.78, 5) is 20.9. The summed E-state index contributed by atoms with van der Waals surface area (Å²) < 4.78 is 42.9. The number of ether oxygens (including phenoxy) is 3. The summed E-state index contributed by atoms with van der Waals surface area (Å²) in [6, 6.07) is 3.65. The van der Waals surface area contributed by atoms with Crippen LogP contribution in [0.4, 0.5) is 14.7 Å². The first-order valence-electron chi connectivity index (χ1n) is 9.37. The van der Waals surface area contributed by atoms with Crippen LogP contribution in [0.2, 0.25) is 5.02 Å². The van der Waals surface area contributed by atoms with Crippen LogP contribution >= 0.6 is 23.5 Å². The van der Waals surface area contributed by atoms with Crippen molar-refractivity contribution >= 4 is 40.4 Å². The number of hydrogen-bond donors (Lipinski definition) is 2. The SMILES string of the molecule is COc1nc(NSc2c[nH]c3c(-c4cncc(C)n4)c(Cl)ccc23)nc(OC)c1OC(F)F. The topological polar surface area (TPSA) is 107 Å². The molecule has 0 spiro atoms.